The molecule has 0 radical (unpaired) electrons. The van der Waals surface area contributed by atoms with Gasteiger partial charge in [-0.3, -0.25) is 9.59 Å². The number of piperazine rings is 1. The minimum absolute atomic E-state index is 0. The first-order valence-corrected chi connectivity index (χ1v) is 9.51. The van der Waals surface area contributed by atoms with E-state index >= 15 is 0 Å². The minimum Gasteiger partial charge on any atom is -0.333 e. The molecule has 2 unspecified atom stereocenters. The Morgan fingerprint density at radius 2 is 1.88 bits per heavy atom. The summed E-state index contributed by atoms with van der Waals surface area (Å²) < 4.78 is 0. The van der Waals surface area contributed by atoms with Gasteiger partial charge < -0.3 is 15.5 Å². The topological polar surface area (TPSA) is 61.4 Å². The number of halogens is 1. The number of benzene rings is 1. The van der Waals surface area contributed by atoms with Crippen molar-refractivity contribution in [1.82, 2.24) is 10.2 Å². The van der Waals surface area contributed by atoms with E-state index < -0.39 is 0 Å². The Bertz CT molecular complexity index is 631. The summed E-state index contributed by atoms with van der Waals surface area (Å²) >= 11 is 0. The molecule has 5 nitrogen and oxygen atoms in total. The third-order valence-electron chi connectivity index (χ3n) is 5.65. The maximum atomic E-state index is 12.9. The van der Waals surface area contributed by atoms with E-state index in [4.69, 9.17) is 0 Å². The van der Waals surface area contributed by atoms with Gasteiger partial charge in [-0.05, 0) is 44.9 Å². The van der Waals surface area contributed by atoms with Crippen molar-refractivity contribution in [2.24, 2.45) is 5.92 Å². The van der Waals surface area contributed by atoms with Crippen LogP contribution in [0.4, 0.5) is 5.69 Å². The monoisotopic (exact) mass is 379 g/mol. The summed E-state index contributed by atoms with van der Waals surface area (Å²) in [6, 6.07) is 7.79. The van der Waals surface area contributed by atoms with Gasteiger partial charge in [0.2, 0.25) is 5.91 Å². The fraction of sp³-hybridized carbons (Fsp3) is 0.600. The number of hydrogen-bond donors (Lipinski definition) is 2. The molecule has 0 aromatic heterocycles. The summed E-state index contributed by atoms with van der Waals surface area (Å²) in [6.07, 6.45) is 5.45. The van der Waals surface area contributed by atoms with Gasteiger partial charge in [0.25, 0.3) is 5.91 Å². The lowest BCUT2D eigenvalue weighted by Crippen LogP contribution is -2.57. The van der Waals surface area contributed by atoms with Gasteiger partial charge in [0.1, 0.15) is 0 Å². The number of nitrogens with one attached hydrogen (secondary N) is 2. The summed E-state index contributed by atoms with van der Waals surface area (Å²) in [6.45, 7) is 5.70. The van der Waals surface area contributed by atoms with E-state index in [2.05, 4.69) is 24.5 Å². The molecule has 1 aliphatic carbocycles. The van der Waals surface area contributed by atoms with Crippen LogP contribution < -0.4 is 10.6 Å². The highest BCUT2D eigenvalue weighted by Gasteiger charge is 2.29. The highest BCUT2D eigenvalue weighted by atomic mass is 35.5. The Hall–Kier alpha value is -1.59. The molecule has 2 fully saturated rings. The first kappa shape index (κ1) is 20.7. The van der Waals surface area contributed by atoms with E-state index in [0.29, 0.717) is 12.1 Å². The van der Waals surface area contributed by atoms with Crippen LogP contribution in [0, 0.1) is 5.92 Å². The molecule has 1 aliphatic heterocycles. The fourth-order valence-electron chi connectivity index (χ4n) is 3.85. The second-order valence-corrected chi connectivity index (χ2v) is 7.39. The Morgan fingerprint density at radius 1 is 1.15 bits per heavy atom. The number of nitrogens with zero attached hydrogens (tertiary/aromatic N) is 1. The summed E-state index contributed by atoms with van der Waals surface area (Å²) in [5.74, 6) is 0.241. The second-order valence-electron chi connectivity index (χ2n) is 7.39. The van der Waals surface area contributed by atoms with Crippen molar-refractivity contribution in [2.75, 3.05) is 18.4 Å². The van der Waals surface area contributed by atoms with Crippen LogP contribution >= 0.6 is 12.4 Å². The maximum absolute atomic E-state index is 12.9. The molecule has 1 heterocycles. The largest absolute Gasteiger partial charge is 0.333 e. The zero-order chi connectivity index (χ0) is 17.8. The van der Waals surface area contributed by atoms with Crippen molar-refractivity contribution >= 4 is 29.9 Å². The first-order chi connectivity index (χ1) is 12.1. The minimum atomic E-state index is 0. The Labute approximate surface area is 162 Å². The number of rotatable bonds is 3. The van der Waals surface area contributed by atoms with Crippen LogP contribution in [0.5, 0.6) is 0 Å². The molecular formula is C20H30ClN3O2. The molecule has 2 aliphatic rings. The number of carbonyl (C=O) groups is 2. The average molecular weight is 380 g/mol. The van der Waals surface area contributed by atoms with E-state index in [1.54, 1.807) is 0 Å². The van der Waals surface area contributed by atoms with Crippen LogP contribution in [0.2, 0.25) is 0 Å². The molecular weight excluding hydrogens is 350 g/mol. The standard InChI is InChI=1S/C20H29N3O2.ClH/c1-14-15(2)23(12-11-21-14)20(25)17-9-6-10-18(13-17)22-19(24)16-7-4-3-5-8-16;/h6,9-10,13-16,21H,3-5,7-8,11-12H2,1-2H3,(H,22,24);1H. The van der Waals surface area contributed by atoms with Gasteiger partial charge in [-0.15, -0.1) is 12.4 Å². The summed E-state index contributed by atoms with van der Waals surface area (Å²) in [4.78, 5) is 27.2. The number of hydrogen-bond acceptors (Lipinski definition) is 3. The number of amides is 2. The quantitative estimate of drug-likeness (QED) is 0.845. The Morgan fingerprint density at radius 3 is 2.62 bits per heavy atom. The maximum Gasteiger partial charge on any atom is 0.254 e. The number of carbonyl (C=O) groups excluding carboxylic acids is 2. The van der Waals surface area contributed by atoms with Gasteiger partial charge in [-0.1, -0.05) is 25.3 Å². The summed E-state index contributed by atoms with van der Waals surface area (Å²) in [5, 5.41) is 6.40. The molecule has 2 atom stereocenters. The van der Waals surface area contributed by atoms with Gasteiger partial charge >= 0.3 is 0 Å². The van der Waals surface area contributed by atoms with Crippen LogP contribution in [-0.2, 0) is 4.79 Å². The van der Waals surface area contributed by atoms with Crippen LogP contribution in [0.25, 0.3) is 0 Å². The van der Waals surface area contributed by atoms with Crippen LogP contribution in [0.15, 0.2) is 24.3 Å². The van der Waals surface area contributed by atoms with E-state index in [-0.39, 0.29) is 42.2 Å². The van der Waals surface area contributed by atoms with Crippen molar-refractivity contribution in [2.45, 2.75) is 58.0 Å². The first-order valence-electron chi connectivity index (χ1n) is 9.51. The Kier molecular flexibility index (Phi) is 7.47. The number of anilines is 1. The predicted molar refractivity (Wildman–Crippen MR) is 107 cm³/mol. The Balaban J connectivity index is 0.00000243. The summed E-state index contributed by atoms with van der Waals surface area (Å²) in [7, 11) is 0. The van der Waals surface area contributed by atoms with Crippen molar-refractivity contribution < 1.29 is 9.59 Å². The normalized spacial score (nSPS) is 23.8. The molecule has 6 heteroatoms. The molecule has 0 bridgehead atoms. The lowest BCUT2D eigenvalue weighted by molar-refractivity contribution is -0.120. The molecule has 3 rings (SSSR count). The smallest absolute Gasteiger partial charge is 0.254 e. The highest BCUT2D eigenvalue weighted by molar-refractivity contribution is 5.98. The summed E-state index contributed by atoms with van der Waals surface area (Å²) in [5.41, 5.74) is 1.36. The van der Waals surface area contributed by atoms with E-state index in [0.717, 1.165) is 37.9 Å². The lowest BCUT2D eigenvalue weighted by Gasteiger charge is -2.38. The zero-order valence-electron chi connectivity index (χ0n) is 15.7. The van der Waals surface area contributed by atoms with Gasteiger partial charge in [0, 0.05) is 42.3 Å². The molecule has 1 aromatic rings. The third kappa shape index (κ3) is 4.77. The van der Waals surface area contributed by atoms with Crippen molar-refractivity contribution in [1.29, 1.82) is 0 Å². The van der Waals surface area contributed by atoms with E-state index in [9.17, 15) is 9.59 Å². The molecule has 2 amide bonds. The molecule has 26 heavy (non-hydrogen) atoms. The lowest BCUT2D eigenvalue weighted by atomic mass is 9.88. The van der Waals surface area contributed by atoms with Gasteiger partial charge in [-0.25, -0.2) is 0 Å². The SMILES string of the molecule is CC1NCCN(C(=O)c2cccc(NC(=O)C3CCCCC3)c2)C1C.Cl. The van der Waals surface area contributed by atoms with Crippen molar-refractivity contribution in [3.8, 4) is 0 Å². The predicted octanol–water partition coefficient (Wildman–Crippen LogP) is 3.45. The van der Waals surface area contributed by atoms with Crippen LogP contribution in [0.3, 0.4) is 0 Å². The van der Waals surface area contributed by atoms with Crippen LogP contribution in [0.1, 0.15) is 56.3 Å². The average Bonchev–Trinajstić information content (AvgIpc) is 2.64. The fourth-order valence-corrected chi connectivity index (χ4v) is 3.85. The zero-order valence-corrected chi connectivity index (χ0v) is 16.5. The van der Waals surface area contributed by atoms with E-state index in [1.807, 2.05) is 29.2 Å². The molecule has 144 valence electrons. The van der Waals surface area contributed by atoms with Gasteiger partial charge in [-0.2, -0.15) is 0 Å². The molecule has 1 aromatic carbocycles. The van der Waals surface area contributed by atoms with Gasteiger partial charge in [0.15, 0.2) is 0 Å². The highest BCUT2D eigenvalue weighted by Crippen LogP contribution is 2.25. The molecule has 0 spiro atoms. The van der Waals surface area contributed by atoms with Crippen LogP contribution in [-0.4, -0.2) is 41.9 Å². The molecule has 1 saturated heterocycles. The third-order valence-corrected chi connectivity index (χ3v) is 5.65. The van der Waals surface area contributed by atoms with Crippen molar-refractivity contribution in [3.05, 3.63) is 29.8 Å². The second kappa shape index (κ2) is 9.38. The van der Waals surface area contributed by atoms with Crippen molar-refractivity contribution in [3.63, 3.8) is 0 Å². The molecule has 2 N–H and O–H groups in total. The van der Waals surface area contributed by atoms with Gasteiger partial charge in [0.05, 0.1) is 0 Å². The molecule has 1 saturated carbocycles. The van der Waals surface area contributed by atoms with E-state index in [1.165, 1.54) is 6.42 Å².